The summed E-state index contributed by atoms with van der Waals surface area (Å²) in [6, 6.07) is 15.9. The number of nitrogens with two attached hydrogens (primary N) is 1. The number of carbonyl (C=O) groups excluding carboxylic acids is 1. The molecular weight excluding hydrogens is 280 g/mol. The number of carbonyl (C=O) groups is 1. The number of oxime groups is 1. The third kappa shape index (κ3) is 4.35. The lowest BCUT2D eigenvalue weighted by atomic mass is 10.1. The van der Waals surface area contributed by atoms with Gasteiger partial charge in [-0.25, -0.2) is 0 Å². The first kappa shape index (κ1) is 15.1. The molecule has 0 bridgehead atoms. The molecule has 2 aromatic carbocycles. The van der Waals surface area contributed by atoms with Crippen LogP contribution in [0.5, 0.6) is 5.75 Å². The van der Waals surface area contributed by atoms with Gasteiger partial charge in [0.2, 0.25) is 5.91 Å². The van der Waals surface area contributed by atoms with E-state index in [1.807, 2.05) is 36.5 Å². The molecule has 0 aliphatic rings. The molecule has 0 saturated carbocycles. The van der Waals surface area contributed by atoms with Crippen LogP contribution in [0.15, 0.2) is 59.8 Å². The van der Waals surface area contributed by atoms with Gasteiger partial charge in [0.1, 0.15) is 0 Å². The van der Waals surface area contributed by atoms with Crippen molar-refractivity contribution >= 4 is 17.3 Å². The van der Waals surface area contributed by atoms with Crippen LogP contribution in [0.1, 0.15) is 12.0 Å². The second-order valence-electron chi connectivity index (χ2n) is 4.40. The van der Waals surface area contributed by atoms with Crippen LogP contribution in [-0.4, -0.2) is 11.6 Å². The van der Waals surface area contributed by atoms with Crippen molar-refractivity contribution in [2.45, 2.75) is 6.42 Å². The molecular formula is C16H14N4O2. The van der Waals surface area contributed by atoms with Crippen molar-refractivity contribution in [1.82, 2.24) is 0 Å². The molecule has 6 nitrogen and oxygen atoms in total. The zero-order chi connectivity index (χ0) is 15.8. The number of nitrogens with one attached hydrogen (secondary N) is 1. The topological polar surface area (TPSA) is 100 Å². The number of primary amides is 1. The van der Waals surface area contributed by atoms with E-state index in [9.17, 15) is 4.79 Å². The lowest BCUT2D eigenvalue weighted by molar-refractivity contribution is -0.116. The molecule has 2 aromatic rings. The molecule has 0 aliphatic carbocycles. The SMILES string of the molecule is N#CNc1cccc(O/N=C(\CC(N)=O)c2ccccc2)c1. The lowest BCUT2D eigenvalue weighted by Gasteiger charge is -2.06. The van der Waals surface area contributed by atoms with Crippen LogP contribution in [0.25, 0.3) is 0 Å². The predicted molar refractivity (Wildman–Crippen MR) is 83.1 cm³/mol. The fourth-order valence-corrected chi connectivity index (χ4v) is 1.79. The second-order valence-corrected chi connectivity index (χ2v) is 4.40. The highest BCUT2D eigenvalue weighted by atomic mass is 16.6. The molecule has 0 fully saturated rings. The van der Waals surface area contributed by atoms with Crippen LogP contribution >= 0.6 is 0 Å². The molecule has 22 heavy (non-hydrogen) atoms. The molecule has 0 atom stereocenters. The summed E-state index contributed by atoms with van der Waals surface area (Å²) in [6.07, 6.45) is 1.80. The Hall–Kier alpha value is -3.33. The third-order valence-corrected chi connectivity index (χ3v) is 2.74. The highest BCUT2D eigenvalue weighted by molar-refractivity contribution is 6.09. The van der Waals surface area contributed by atoms with Crippen molar-refractivity contribution in [1.29, 1.82) is 5.26 Å². The number of rotatable bonds is 6. The third-order valence-electron chi connectivity index (χ3n) is 2.74. The number of hydrogen-bond donors (Lipinski definition) is 2. The second kappa shape index (κ2) is 7.45. The quantitative estimate of drug-likeness (QED) is 0.369. The number of anilines is 1. The van der Waals surface area contributed by atoms with Crippen molar-refractivity contribution < 1.29 is 9.63 Å². The largest absolute Gasteiger partial charge is 0.369 e. The van der Waals surface area contributed by atoms with Gasteiger partial charge < -0.3 is 10.6 Å². The van der Waals surface area contributed by atoms with E-state index in [2.05, 4.69) is 10.5 Å². The minimum absolute atomic E-state index is 0.0276. The number of benzene rings is 2. The van der Waals surface area contributed by atoms with E-state index in [0.717, 1.165) is 5.56 Å². The molecule has 0 aromatic heterocycles. The molecule has 0 spiro atoms. The monoisotopic (exact) mass is 294 g/mol. The first-order valence-electron chi connectivity index (χ1n) is 6.52. The van der Waals surface area contributed by atoms with E-state index in [-0.39, 0.29) is 6.42 Å². The zero-order valence-corrected chi connectivity index (χ0v) is 11.7. The van der Waals surface area contributed by atoms with Gasteiger partial charge in [0.15, 0.2) is 11.9 Å². The van der Waals surface area contributed by atoms with Crippen molar-refractivity contribution in [3.8, 4) is 11.9 Å². The summed E-state index contributed by atoms with van der Waals surface area (Å²) < 4.78 is 0. The van der Waals surface area contributed by atoms with Crippen molar-refractivity contribution in [2.24, 2.45) is 10.9 Å². The van der Waals surface area contributed by atoms with E-state index in [4.69, 9.17) is 15.8 Å². The van der Waals surface area contributed by atoms with Gasteiger partial charge in [-0.2, -0.15) is 5.26 Å². The first-order chi connectivity index (χ1) is 10.7. The Bertz CT molecular complexity index is 720. The average Bonchev–Trinajstić information content (AvgIpc) is 2.53. The van der Waals surface area contributed by atoms with Crippen LogP contribution in [-0.2, 0) is 4.79 Å². The Kier molecular flexibility index (Phi) is 5.10. The van der Waals surface area contributed by atoms with Crippen molar-refractivity contribution in [2.75, 3.05) is 5.32 Å². The Morgan fingerprint density at radius 3 is 2.68 bits per heavy atom. The van der Waals surface area contributed by atoms with Crippen molar-refractivity contribution in [3.63, 3.8) is 0 Å². The Labute approximate surface area is 127 Å². The fraction of sp³-hybridized carbons (Fsp3) is 0.0625. The normalized spacial score (nSPS) is 10.6. The Morgan fingerprint density at radius 1 is 1.23 bits per heavy atom. The maximum atomic E-state index is 11.2. The molecule has 0 unspecified atom stereocenters. The van der Waals surface area contributed by atoms with Gasteiger partial charge in [0, 0.05) is 6.07 Å². The Balaban J connectivity index is 2.21. The van der Waals surface area contributed by atoms with Gasteiger partial charge in [0.25, 0.3) is 0 Å². The highest BCUT2D eigenvalue weighted by Gasteiger charge is 2.08. The molecule has 2 rings (SSSR count). The van der Waals surface area contributed by atoms with Crippen LogP contribution in [0.3, 0.4) is 0 Å². The van der Waals surface area contributed by atoms with Gasteiger partial charge in [-0.1, -0.05) is 41.6 Å². The standard InChI is InChI=1S/C16H14N4O2/c17-11-19-13-7-4-8-14(9-13)22-20-15(10-16(18)21)12-5-2-1-3-6-12/h1-9,19H,10H2,(H2,18,21)/b20-15+. The summed E-state index contributed by atoms with van der Waals surface area (Å²) in [4.78, 5) is 16.5. The van der Waals surface area contributed by atoms with E-state index < -0.39 is 5.91 Å². The summed E-state index contributed by atoms with van der Waals surface area (Å²) >= 11 is 0. The number of nitrogens with zero attached hydrogens (tertiary/aromatic N) is 2. The van der Waals surface area contributed by atoms with Gasteiger partial charge >= 0.3 is 0 Å². The van der Waals surface area contributed by atoms with Crippen LogP contribution in [0.4, 0.5) is 5.69 Å². The highest BCUT2D eigenvalue weighted by Crippen LogP contribution is 2.17. The smallest absolute Gasteiger partial charge is 0.223 e. The van der Waals surface area contributed by atoms with E-state index in [0.29, 0.717) is 17.1 Å². The molecule has 0 radical (unpaired) electrons. The summed E-state index contributed by atoms with van der Waals surface area (Å²) in [6.45, 7) is 0. The lowest BCUT2D eigenvalue weighted by Crippen LogP contribution is -2.17. The minimum Gasteiger partial charge on any atom is -0.369 e. The minimum atomic E-state index is -0.494. The molecule has 0 saturated heterocycles. The van der Waals surface area contributed by atoms with Gasteiger partial charge in [-0.15, -0.1) is 0 Å². The summed E-state index contributed by atoms with van der Waals surface area (Å²) in [5, 5.41) is 15.1. The van der Waals surface area contributed by atoms with Gasteiger partial charge in [-0.3, -0.25) is 10.1 Å². The fourth-order valence-electron chi connectivity index (χ4n) is 1.79. The summed E-state index contributed by atoms with van der Waals surface area (Å²) in [5.41, 5.74) is 7.03. The van der Waals surface area contributed by atoms with Crippen LogP contribution < -0.4 is 15.9 Å². The molecule has 6 heteroatoms. The van der Waals surface area contributed by atoms with Crippen molar-refractivity contribution in [3.05, 3.63) is 60.2 Å². The maximum absolute atomic E-state index is 11.2. The van der Waals surface area contributed by atoms with Gasteiger partial charge in [-0.05, 0) is 17.7 Å². The average molecular weight is 294 g/mol. The molecule has 3 N–H and O–H groups in total. The summed E-state index contributed by atoms with van der Waals surface area (Å²) in [7, 11) is 0. The molecule has 1 amide bonds. The van der Waals surface area contributed by atoms with Crippen LogP contribution in [0, 0.1) is 11.5 Å². The first-order valence-corrected chi connectivity index (χ1v) is 6.52. The number of hydrogen-bond acceptors (Lipinski definition) is 5. The van der Waals surface area contributed by atoms with E-state index in [1.54, 1.807) is 24.3 Å². The van der Waals surface area contributed by atoms with E-state index >= 15 is 0 Å². The molecule has 110 valence electrons. The number of amides is 1. The Morgan fingerprint density at radius 2 is 2.00 bits per heavy atom. The predicted octanol–water partition coefficient (Wildman–Crippen LogP) is 2.24. The molecule has 0 aliphatic heterocycles. The molecule has 0 heterocycles. The van der Waals surface area contributed by atoms with E-state index in [1.165, 1.54) is 0 Å². The zero-order valence-electron chi connectivity index (χ0n) is 11.7. The van der Waals surface area contributed by atoms with Crippen LogP contribution in [0.2, 0.25) is 0 Å². The summed E-state index contributed by atoms with van der Waals surface area (Å²) in [5.74, 6) is -0.0516. The number of nitriles is 1. The maximum Gasteiger partial charge on any atom is 0.223 e. The van der Waals surface area contributed by atoms with Gasteiger partial charge in [0.05, 0.1) is 17.8 Å².